The molecule has 1 aromatic carbocycles. The SMILES string of the molecule is CC1(C)OB(C(=Cc2cc(C(=O)O)c(O)cc2O)CS)OC1(C)C. The summed E-state index contributed by atoms with van der Waals surface area (Å²) in [4.78, 5) is 11.1. The Morgan fingerprint density at radius 1 is 1.17 bits per heavy atom. The zero-order valence-corrected chi connectivity index (χ0v) is 14.9. The van der Waals surface area contributed by atoms with Crippen molar-refractivity contribution in [3.8, 4) is 11.5 Å². The topological polar surface area (TPSA) is 96.2 Å². The van der Waals surface area contributed by atoms with Gasteiger partial charge in [-0.15, -0.1) is 0 Å². The number of rotatable bonds is 4. The number of hydrogen-bond donors (Lipinski definition) is 4. The Balaban J connectivity index is 2.42. The Hall–Kier alpha value is -1.64. The third-order valence-electron chi connectivity index (χ3n) is 4.45. The molecular formula is C16H21BO6S. The summed E-state index contributed by atoms with van der Waals surface area (Å²) in [5, 5.41) is 28.7. The van der Waals surface area contributed by atoms with Crippen LogP contribution in [0.3, 0.4) is 0 Å². The average Bonchev–Trinajstić information content (AvgIpc) is 2.66. The molecule has 0 aromatic heterocycles. The van der Waals surface area contributed by atoms with E-state index in [1.807, 2.05) is 27.7 Å². The molecule has 6 nitrogen and oxygen atoms in total. The summed E-state index contributed by atoms with van der Waals surface area (Å²) in [6.45, 7) is 7.68. The minimum absolute atomic E-state index is 0.240. The maximum absolute atomic E-state index is 11.1. The third-order valence-corrected chi connectivity index (χ3v) is 4.82. The van der Waals surface area contributed by atoms with Crippen molar-refractivity contribution in [1.82, 2.24) is 0 Å². The van der Waals surface area contributed by atoms with Gasteiger partial charge in [0.25, 0.3) is 0 Å². The van der Waals surface area contributed by atoms with Crippen molar-refractivity contribution in [1.29, 1.82) is 0 Å². The Bertz CT molecular complexity index is 682. The van der Waals surface area contributed by atoms with Gasteiger partial charge in [-0.05, 0) is 39.2 Å². The van der Waals surface area contributed by atoms with Gasteiger partial charge in [0, 0.05) is 17.4 Å². The quantitative estimate of drug-likeness (QED) is 0.492. The maximum atomic E-state index is 11.1. The molecule has 1 saturated heterocycles. The molecule has 1 heterocycles. The number of aromatic carboxylic acids is 1. The van der Waals surface area contributed by atoms with Crippen molar-refractivity contribution >= 4 is 31.8 Å². The van der Waals surface area contributed by atoms with Crippen LogP contribution in [-0.4, -0.2) is 45.4 Å². The molecule has 0 aliphatic carbocycles. The summed E-state index contributed by atoms with van der Waals surface area (Å²) in [6.07, 6.45) is 1.57. The molecule has 1 aromatic rings. The van der Waals surface area contributed by atoms with Crippen LogP contribution in [0.4, 0.5) is 0 Å². The van der Waals surface area contributed by atoms with E-state index in [0.717, 1.165) is 6.07 Å². The minimum Gasteiger partial charge on any atom is -0.507 e. The van der Waals surface area contributed by atoms with Crippen LogP contribution in [-0.2, 0) is 9.31 Å². The molecule has 3 N–H and O–H groups in total. The van der Waals surface area contributed by atoms with Crippen LogP contribution in [0, 0.1) is 0 Å². The lowest BCUT2D eigenvalue weighted by atomic mass is 9.78. The molecule has 130 valence electrons. The number of phenolic OH excluding ortho intramolecular Hbond substituents is 1. The molecule has 0 saturated carbocycles. The largest absolute Gasteiger partial charge is 0.507 e. The first-order valence-corrected chi connectivity index (χ1v) is 8.08. The van der Waals surface area contributed by atoms with Gasteiger partial charge < -0.3 is 24.6 Å². The number of benzene rings is 1. The van der Waals surface area contributed by atoms with Gasteiger partial charge >= 0.3 is 13.1 Å². The summed E-state index contributed by atoms with van der Waals surface area (Å²) < 4.78 is 11.9. The van der Waals surface area contributed by atoms with Crippen LogP contribution >= 0.6 is 12.6 Å². The molecule has 2 rings (SSSR count). The predicted octanol–water partition coefficient (Wildman–Crippen LogP) is 2.74. The van der Waals surface area contributed by atoms with Crippen molar-refractivity contribution in [2.45, 2.75) is 38.9 Å². The monoisotopic (exact) mass is 352 g/mol. The first-order valence-electron chi connectivity index (χ1n) is 7.45. The average molecular weight is 352 g/mol. The summed E-state index contributed by atoms with van der Waals surface area (Å²) in [6, 6.07) is 2.19. The van der Waals surface area contributed by atoms with E-state index in [9.17, 15) is 15.0 Å². The molecule has 1 aliphatic heterocycles. The van der Waals surface area contributed by atoms with Gasteiger partial charge in [0.15, 0.2) is 0 Å². The van der Waals surface area contributed by atoms with Crippen LogP contribution in [0.15, 0.2) is 17.6 Å². The van der Waals surface area contributed by atoms with E-state index in [1.54, 1.807) is 6.08 Å². The number of carboxylic acid groups (broad SMARTS) is 1. The van der Waals surface area contributed by atoms with E-state index in [1.165, 1.54) is 6.07 Å². The van der Waals surface area contributed by atoms with E-state index in [4.69, 9.17) is 14.4 Å². The van der Waals surface area contributed by atoms with Gasteiger partial charge in [-0.25, -0.2) is 4.79 Å². The number of carbonyl (C=O) groups is 1. The molecule has 24 heavy (non-hydrogen) atoms. The fourth-order valence-corrected chi connectivity index (χ4v) is 2.50. The van der Waals surface area contributed by atoms with Crippen molar-refractivity contribution in [2.24, 2.45) is 0 Å². The normalized spacial score (nSPS) is 19.5. The van der Waals surface area contributed by atoms with Gasteiger partial charge in [0.1, 0.15) is 17.1 Å². The Morgan fingerprint density at radius 3 is 2.17 bits per heavy atom. The second-order valence-electron chi connectivity index (χ2n) is 6.70. The third kappa shape index (κ3) is 3.40. The lowest BCUT2D eigenvalue weighted by Gasteiger charge is -2.32. The van der Waals surface area contributed by atoms with Crippen LogP contribution in [0.1, 0.15) is 43.6 Å². The summed E-state index contributed by atoms with van der Waals surface area (Å²) >= 11 is 4.28. The smallest absolute Gasteiger partial charge is 0.491 e. The van der Waals surface area contributed by atoms with Gasteiger partial charge in [-0.2, -0.15) is 12.6 Å². The number of hydrogen-bond acceptors (Lipinski definition) is 6. The molecule has 1 fully saturated rings. The second kappa shape index (κ2) is 6.35. The van der Waals surface area contributed by atoms with Crippen LogP contribution in [0.5, 0.6) is 11.5 Å². The molecular weight excluding hydrogens is 331 g/mol. The molecule has 0 spiro atoms. The van der Waals surface area contributed by atoms with Gasteiger partial charge in [-0.3, -0.25) is 0 Å². The summed E-state index contributed by atoms with van der Waals surface area (Å²) in [5.74, 6) is -1.74. The first kappa shape index (κ1) is 18.7. The fraction of sp³-hybridized carbons (Fsp3) is 0.438. The Morgan fingerprint density at radius 2 is 1.71 bits per heavy atom. The van der Waals surface area contributed by atoms with E-state index in [0.29, 0.717) is 11.2 Å². The van der Waals surface area contributed by atoms with E-state index < -0.39 is 30.0 Å². The predicted molar refractivity (Wildman–Crippen MR) is 94.6 cm³/mol. The number of phenols is 2. The zero-order valence-electron chi connectivity index (χ0n) is 14.0. The summed E-state index contributed by atoms with van der Waals surface area (Å²) in [7, 11) is -0.658. The standard InChI is InChI=1S/C16H21BO6S/c1-15(2)16(3,4)23-17(22-15)10(8-24)5-9-6-11(14(20)21)13(19)7-12(9)18/h5-7,18-19,24H,8H2,1-4H3,(H,20,21). The van der Waals surface area contributed by atoms with Crippen molar-refractivity contribution in [3.05, 3.63) is 28.7 Å². The van der Waals surface area contributed by atoms with E-state index in [-0.39, 0.29) is 16.9 Å². The van der Waals surface area contributed by atoms with Gasteiger partial charge in [-0.1, -0.05) is 6.08 Å². The minimum atomic E-state index is -1.29. The molecule has 1 aliphatic rings. The first-order chi connectivity index (χ1) is 11.0. The molecule has 8 heteroatoms. The lowest BCUT2D eigenvalue weighted by Crippen LogP contribution is -2.41. The van der Waals surface area contributed by atoms with Crippen molar-refractivity contribution in [2.75, 3.05) is 5.75 Å². The highest BCUT2D eigenvalue weighted by molar-refractivity contribution is 7.80. The highest BCUT2D eigenvalue weighted by Crippen LogP contribution is 2.39. The zero-order chi connectivity index (χ0) is 18.3. The van der Waals surface area contributed by atoms with E-state index >= 15 is 0 Å². The maximum Gasteiger partial charge on any atom is 0.491 e. The fourth-order valence-electron chi connectivity index (χ4n) is 2.26. The molecule has 0 atom stereocenters. The van der Waals surface area contributed by atoms with Crippen molar-refractivity contribution < 1.29 is 29.4 Å². The molecule has 0 radical (unpaired) electrons. The number of carboxylic acids is 1. The highest BCUT2D eigenvalue weighted by atomic mass is 32.1. The van der Waals surface area contributed by atoms with Crippen molar-refractivity contribution in [3.63, 3.8) is 0 Å². The van der Waals surface area contributed by atoms with Crippen LogP contribution < -0.4 is 0 Å². The lowest BCUT2D eigenvalue weighted by molar-refractivity contribution is 0.00578. The summed E-state index contributed by atoms with van der Waals surface area (Å²) in [5.41, 5.74) is -0.476. The second-order valence-corrected chi connectivity index (χ2v) is 7.02. The highest BCUT2D eigenvalue weighted by Gasteiger charge is 2.52. The Labute approximate surface area is 146 Å². The molecule has 0 amide bonds. The van der Waals surface area contributed by atoms with Gasteiger partial charge in [0.2, 0.25) is 0 Å². The van der Waals surface area contributed by atoms with Gasteiger partial charge in [0.05, 0.1) is 11.2 Å². The van der Waals surface area contributed by atoms with Crippen LogP contribution in [0.2, 0.25) is 0 Å². The molecule has 0 unspecified atom stereocenters. The number of aromatic hydroxyl groups is 2. The number of thiol groups is 1. The van der Waals surface area contributed by atoms with E-state index in [2.05, 4.69) is 12.6 Å². The van der Waals surface area contributed by atoms with Crippen LogP contribution in [0.25, 0.3) is 6.08 Å². The Kier molecular flexibility index (Phi) is 4.95. The molecule has 0 bridgehead atoms.